The first-order valence-corrected chi connectivity index (χ1v) is 5.88. The maximum atomic E-state index is 11.1. The number of anilines is 1. The molecular weight excluding hydrogens is 264 g/mol. The Morgan fingerprint density at radius 2 is 2.15 bits per heavy atom. The number of hydrogen-bond acceptors (Lipinski definition) is 5. The largest absolute Gasteiger partial charge is 0.478 e. The first kappa shape index (κ1) is 15.8. The van der Waals surface area contributed by atoms with Crippen LogP contribution in [0.25, 0.3) is 10.4 Å². The number of benzene rings is 1. The molecule has 1 rings (SSSR count). The van der Waals surface area contributed by atoms with Crippen LogP contribution in [-0.4, -0.2) is 33.9 Å². The van der Waals surface area contributed by atoms with Crippen molar-refractivity contribution in [3.8, 4) is 0 Å². The summed E-state index contributed by atoms with van der Waals surface area (Å²) in [6, 6.07) is 2.91. The minimum absolute atomic E-state index is 0.0201. The van der Waals surface area contributed by atoms with Crippen molar-refractivity contribution in [2.75, 3.05) is 12.3 Å². The number of hydrogen-bond donors (Lipinski definition) is 4. The Morgan fingerprint density at radius 1 is 1.50 bits per heavy atom. The third-order valence-corrected chi connectivity index (χ3v) is 2.86. The molecule has 0 spiro atoms. The van der Waals surface area contributed by atoms with Gasteiger partial charge in [-0.3, -0.25) is 0 Å². The van der Waals surface area contributed by atoms with Crippen molar-refractivity contribution in [3.63, 3.8) is 0 Å². The van der Waals surface area contributed by atoms with Crippen molar-refractivity contribution in [2.24, 2.45) is 5.11 Å². The summed E-state index contributed by atoms with van der Waals surface area (Å²) in [5, 5.41) is 32.1. The van der Waals surface area contributed by atoms with Gasteiger partial charge in [-0.15, -0.1) is 0 Å². The van der Waals surface area contributed by atoms with Crippen molar-refractivity contribution < 1.29 is 20.1 Å². The summed E-state index contributed by atoms with van der Waals surface area (Å²) in [6.07, 6.45) is -2.51. The number of azide groups is 1. The predicted octanol–water partition coefficient (Wildman–Crippen LogP) is 1.37. The van der Waals surface area contributed by atoms with Crippen LogP contribution in [0.5, 0.6) is 0 Å². The highest BCUT2D eigenvalue weighted by Gasteiger charge is 2.23. The molecule has 5 N–H and O–H groups in total. The summed E-state index contributed by atoms with van der Waals surface area (Å²) >= 11 is 0. The van der Waals surface area contributed by atoms with E-state index in [1.165, 1.54) is 12.1 Å². The third kappa shape index (κ3) is 3.61. The van der Waals surface area contributed by atoms with E-state index in [-0.39, 0.29) is 29.8 Å². The molecule has 1 aromatic rings. The number of aryl methyl sites for hydroxylation is 1. The van der Waals surface area contributed by atoms with E-state index in [1.54, 1.807) is 6.92 Å². The molecule has 108 valence electrons. The van der Waals surface area contributed by atoms with E-state index in [9.17, 15) is 15.0 Å². The van der Waals surface area contributed by atoms with Crippen molar-refractivity contribution in [3.05, 3.63) is 39.3 Å². The van der Waals surface area contributed by atoms with Gasteiger partial charge in [0, 0.05) is 17.0 Å². The van der Waals surface area contributed by atoms with Gasteiger partial charge in [0.15, 0.2) is 0 Å². The van der Waals surface area contributed by atoms with Crippen LogP contribution in [0.3, 0.4) is 0 Å². The average molecular weight is 280 g/mol. The van der Waals surface area contributed by atoms with E-state index in [1.807, 2.05) is 0 Å². The van der Waals surface area contributed by atoms with Gasteiger partial charge in [-0.05, 0) is 30.5 Å². The van der Waals surface area contributed by atoms with E-state index in [2.05, 4.69) is 10.0 Å². The number of aromatic carboxylic acids is 1. The second-order valence-corrected chi connectivity index (χ2v) is 4.38. The molecule has 1 aromatic carbocycles. The zero-order valence-corrected chi connectivity index (χ0v) is 10.9. The Labute approximate surface area is 115 Å². The van der Waals surface area contributed by atoms with Gasteiger partial charge in [-0.25, -0.2) is 4.79 Å². The maximum absolute atomic E-state index is 11.1. The molecule has 0 saturated carbocycles. The zero-order chi connectivity index (χ0) is 15.3. The number of aliphatic hydroxyl groups is 2. The molecule has 0 aliphatic rings. The quantitative estimate of drug-likeness (QED) is 0.268. The van der Waals surface area contributed by atoms with Gasteiger partial charge in [0.1, 0.15) is 6.10 Å². The Hall–Kier alpha value is -2.28. The van der Waals surface area contributed by atoms with Crippen LogP contribution in [0.4, 0.5) is 5.69 Å². The van der Waals surface area contributed by atoms with Crippen LogP contribution in [-0.2, 0) is 0 Å². The molecule has 2 atom stereocenters. The molecule has 0 amide bonds. The fraction of sp³-hybridized carbons (Fsp3) is 0.417. The Kier molecular flexibility index (Phi) is 5.33. The van der Waals surface area contributed by atoms with Gasteiger partial charge in [0.2, 0.25) is 0 Å². The lowest BCUT2D eigenvalue weighted by Gasteiger charge is -2.20. The summed E-state index contributed by atoms with van der Waals surface area (Å²) in [6.45, 7) is 1.68. The highest BCUT2D eigenvalue weighted by atomic mass is 16.4. The van der Waals surface area contributed by atoms with Gasteiger partial charge < -0.3 is 21.1 Å². The number of rotatable bonds is 6. The average Bonchev–Trinajstić information content (AvgIpc) is 2.40. The number of nitrogen functional groups attached to an aromatic ring is 1. The van der Waals surface area contributed by atoms with Gasteiger partial charge in [0.05, 0.1) is 17.4 Å². The Bertz CT molecular complexity index is 555. The van der Waals surface area contributed by atoms with Gasteiger partial charge in [-0.1, -0.05) is 11.2 Å². The van der Waals surface area contributed by atoms with Crippen LogP contribution < -0.4 is 5.73 Å². The lowest BCUT2D eigenvalue weighted by molar-refractivity contribution is 0.0154. The van der Waals surface area contributed by atoms with Crippen LogP contribution in [0.2, 0.25) is 0 Å². The lowest BCUT2D eigenvalue weighted by Crippen LogP contribution is -2.21. The highest BCUT2D eigenvalue weighted by molar-refractivity contribution is 5.94. The molecule has 0 fully saturated rings. The van der Waals surface area contributed by atoms with Gasteiger partial charge in [-0.2, -0.15) is 0 Å². The summed E-state index contributed by atoms with van der Waals surface area (Å²) in [7, 11) is 0. The summed E-state index contributed by atoms with van der Waals surface area (Å²) < 4.78 is 0. The lowest BCUT2D eigenvalue weighted by atomic mass is 9.95. The predicted molar refractivity (Wildman–Crippen MR) is 72.1 cm³/mol. The van der Waals surface area contributed by atoms with Gasteiger partial charge >= 0.3 is 5.97 Å². The molecule has 0 aliphatic carbocycles. The second kappa shape index (κ2) is 6.76. The van der Waals surface area contributed by atoms with E-state index in [0.717, 1.165) is 0 Å². The maximum Gasteiger partial charge on any atom is 0.337 e. The summed E-state index contributed by atoms with van der Waals surface area (Å²) in [5.41, 5.74) is 14.4. The molecule has 20 heavy (non-hydrogen) atoms. The molecule has 8 nitrogen and oxygen atoms in total. The SMILES string of the molecule is Cc1cc(C(=O)O)c(N)c(C(O)C(O)CCN=[N+]=[N-])c1. The molecule has 0 aromatic heterocycles. The number of nitrogens with zero attached hydrogens (tertiary/aromatic N) is 3. The Balaban J connectivity index is 3.05. The highest BCUT2D eigenvalue weighted by Crippen LogP contribution is 2.29. The fourth-order valence-electron chi connectivity index (χ4n) is 1.85. The first-order valence-electron chi connectivity index (χ1n) is 5.88. The first-order chi connectivity index (χ1) is 9.38. The molecule has 2 unspecified atom stereocenters. The van der Waals surface area contributed by atoms with Crippen LogP contribution >= 0.6 is 0 Å². The number of aliphatic hydroxyl groups excluding tert-OH is 2. The van der Waals surface area contributed by atoms with Crippen molar-refractivity contribution in [2.45, 2.75) is 25.6 Å². The molecule has 8 heteroatoms. The number of carbonyl (C=O) groups is 1. The van der Waals surface area contributed by atoms with E-state index < -0.39 is 18.2 Å². The molecule has 0 bridgehead atoms. The molecule has 0 radical (unpaired) electrons. The number of carboxylic acids is 1. The van der Waals surface area contributed by atoms with Crippen molar-refractivity contribution in [1.82, 2.24) is 0 Å². The standard InChI is InChI=1S/C12H16N4O4/c1-6-4-7(10(13)8(5-6)12(19)20)11(18)9(17)2-3-15-16-14/h4-5,9,11,17-18H,2-3,13H2,1H3,(H,19,20). The van der Waals surface area contributed by atoms with E-state index in [4.69, 9.17) is 16.4 Å². The van der Waals surface area contributed by atoms with E-state index in [0.29, 0.717) is 5.56 Å². The zero-order valence-electron chi connectivity index (χ0n) is 10.9. The Morgan fingerprint density at radius 3 is 2.70 bits per heavy atom. The minimum Gasteiger partial charge on any atom is -0.478 e. The normalized spacial score (nSPS) is 13.3. The summed E-state index contributed by atoms with van der Waals surface area (Å²) in [5.74, 6) is -1.21. The fourth-order valence-corrected chi connectivity index (χ4v) is 1.85. The molecule has 0 aliphatic heterocycles. The number of nitrogens with two attached hydrogens (primary N) is 1. The topological polar surface area (TPSA) is 153 Å². The molecular formula is C12H16N4O4. The van der Waals surface area contributed by atoms with Crippen LogP contribution in [0.1, 0.15) is 34.0 Å². The van der Waals surface area contributed by atoms with Crippen LogP contribution in [0, 0.1) is 6.92 Å². The van der Waals surface area contributed by atoms with Crippen LogP contribution in [0.15, 0.2) is 17.2 Å². The molecule has 0 heterocycles. The third-order valence-electron chi connectivity index (χ3n) is 2.86. The van der Waals surface area contributed by atoms with Crippen molar-refractivity contribution in [1.29, 1.82) is 0 Å². The van der Waals surface area contributed by atoms with Gasteiger partial charge in [0.25, 0.3) is 0 Å². The smallest absolute Gasteiger partial charge is 0.337 e. The second-order valence-electron chi connectivity index (χ2n) is 4.38. The minimum atomic E-state index is -1.35. The number of carboxylic acid groups (broad SMARTS) is 1. The molecule has 0 saturated heterocycles. The summed E-state index contributed by atoms with van der Waals surface area (Å²) in [4.78, 5) is 13.6. The van der Waals surface area contributed by atoms with E-state index >= 15 is 0 Å². The monoisotopic (exact) mass is 280 g/mol. The van der Waals surface area contributed by atoms with Crippen molar-refractivity contribution >= 4 is 11.7 Å².